The molecule has 1 saturated heterocycles. The molecule has 3 nitrogen and oxygen atoms in total. The summed E-state index contributed by atoms with van der Waals surface area (Å²) < 4.78 is 11.3. The predicted octanol–water partition coefficient (Wildman–Crippen LogP) is 1.57. The molecule has 1 unspecified atom stereocenters. The van der Waals surface area contributed by atoms with E-state index in [0.29, 0.717) is 19.3 Å². The van der Waals surface area contributed by atoms with Crippen LogP contribution >= 0.6 is 0 Å². The van der Waals surface area contributed by atoms with Crippen molar-refractivity contribution in [2.24, 2.45) is 0 Å². The van der Waals surface area contributed by atoms with Crippen LogP contribution in [0.25, 0.3) is 0 Å². The van der Waals surface area contributed by atoms with Gasteiger partial charge in [-0.15, -0.1) is 0 Å². The quantitative estimate of drug-likeness (QED) is 0.685. The largest absolute Gasteiger partial charge is 0.376 e. The van der Waals surface area contributed by atoms with E-state index < -0.39 is 0 Å². The lowest BCUT2D eigenvalue weighted by Gasteiger charge is -2.34. The summed E-state index contributed by atoms with van der Waals surface area (Å²) in [7, 11) is 0. The molecular weight excluding hydrogens is 178 g/mol. The third kappa shape index (κ3) is 4.40. The Hall–Kier alpha value is -0.120. The predicted molar refractivity (Wildman–Crippen MR) is 57.5 cm³/mol. The van der Waals surface area contributed by atoms with Crippen molar-refractivity contribution >= 4 is 0 Å². The first-order chi connectivity index (χ1) is 6.62. The smallest absolute Gasteiger partial charge is 0.0779 e. The summed E-state index contributed by atoms with van der Waals surface area (Å²) in [6.07, 6.45) is 2.67. The van der Waals surface area contributed by atoms with Gasteiger partial charge in [-0.05, 0) is 40.2 Å². The Kier molecular flexibility index (Phi) is 4.85. The number of nitrogens with one attached hydrogen (secondary N) is 1. The van der Waals surface area contributed by atoms with Crippen LogP contribution in [0, 0.1) is 0 Å². The zero-order valence-corrected chi connectivity index (χ0v) is 9.64. The maximum atomic E-state index is 5.83. The molecule has 0 spiro atoms. The molecule has 0 bridgehead atoms. The van der Waals surface area contributed by atoms with Gasteiger partial charge in [-0.3, -0.25) is 0 Å². The molecule has 1 aliphatic rings. The van der Waals surface area contributed by atoms with Crippen molar-refractivity contribution in [3.63, 3.8) is 0 Å². The molecule has 0 amide bonds. The van der Waals surface area contributed by atoms with Gasteiger partial charge in [0, 0.05) is 6.54 Å². The second kappa shape index (κ2) is 5.69. The molecule has 0 aromatic carbocycles. The van der Waals surface area contributed by atoms with Gasteiger partial charge < -0.3 is 14.8 Å². The molecule has 1 fully saturated rings. The molecule has 0 aromatic heterocycles. The van der Waals surface area contributed by atoms with Gasteiger partial charge in [-0.1, -0.05) is 0 Å². The average molecular weight is 201 g/mol. The van der Waals surface area contributed by atoms with Crippen molar-refractivity contribution in [1.82, 2.24) is 5.32 Å². The summed E-state index contributed by atoms with van der Waals surface area (Å²) >= 11 is 0. The van der Waals surface area contributed by atoms with Crippen LogP contribution in [0.5, 0.6) is 0 Å². The lowest BCUT2D eigenvalue weighted by Crippen LogP contribution is -2.45. The minimum atomic E-state index is 0.0264. The van der Waals surface area contributed by atoms with E-state index in [-0.39, 0.29) is 5.60 Å². The zero-order chi connectivity index (χ0) is 10.4. The first-order valence-electron chi connectivity index (χ1n) is 5.59. The van der Waals surface area contributed by atoms with Gasteiger partial charge in [0.1, 0.15) is 0 Å². The van der Waals surface area contributed by atoms with Gasteiger partial charge in [0.15, 0.2) is 0 Å². The fourth-order valence-electron chi connectivity index (χ4n) is 1.72. The fourth-order valence-corrected chi connectivity index (χ4v) is 1.72. The monoisotopic (exact) mass is 201 g/mol. The second-order valence-electron chi connectivity index (χ2n) is 4.50. The fraction of sp³-hybridized carbons (Fsp3) is 1.00. The third-order valence-electron chi connectivity index (χ3n) is 2.54. The molecule has 84 valence electrons. The Morgan fingerprint density at radius 3 is 2.71 bits per heavy atom. The van der Waals surface area contributed by atoms with E-state index in [4.69, 9.17) is 9.47 Å². The highest BCUT2D eigenvalue weighted by molar-refractivity contribution is 4.82. The molecule has 0 aliphatic carbocycles. The first-order valence-corrected chi connectivity index (χ1v) is 5.59. The zero-order valence-electron chi connectivity index (χ0n) is 9.64. The van der Waals surface area contributed by atoms with Gasteiger partial charge >= 0.3 is 0 Å². The summed E-state index contributed by atoms with van der Waals surface area (Å²) in [5.41, 5.74) is 0.0264. The molecule has 3 heteroatoms. The minimum absolute atomic E-state index is 0.0264. The van der Waals surface area contributed by atoms with Gasteiger partial charge in [0.25, 0.3) is 0 Å². The summed E-state index contributed by atoms with van der Waals surface area (Å²) in [6, 6.07) is 0. The van der Waals surface area contributed by atoms with Crippen LogP contribution in [-0.2, 0) is 9.47 Å². The van der Waals surface area contributed by atoms with E-state index in [9.17, 15) is 0 Å². The summed E-state index contributed by atoms with van der Waals surface area (Å²) in [5, 5.41) is 3.36. The van der Waals surface area contributed by atoms with Crippen LogP contribution in [0.15, 0.2) is 0 Å². The Morgan fingerprint density at radius 2 is 2.14 bits per heavy atom. The Balaban J connectivity index is 2.09. The third-order valence-corrected chi connectivity index (χ3v) is 2.54. The van der Waals surface area contributed by atoms with Crippen LogP contribution in [-0.4, -0.2) is 38.0 Å². The van der Waals surface area contributed by atoms with Crippen LogP contribution in [0.3, 0.4) is 0 Å². The highest BCUT2D eigenvalue weighted by Gasteiger charge is 2.26. The number of hydrogen-bond donors (Lipinski definition) is 1. The summed E-state index contributed by atoms with van der Waals surface area (Å²) in [6.45, 7) is 9.77. The van der Waals surface area contributed by atoms with Gasteiger partial charge in [-0.25, -0.2) is 0 Å². The first kappa shape index (κ1) is 12.0. The Labute approximate surface area is 87.2 Å². The molecule has 0 saturated carbocycles. The van der Waals surface area contributed by atoms with Crippen molar-refractivity contribution in [3.8, 4) is 0 Å². The summed E-state index contributed by atoms with van der Waals surface area (Å²) in [4.78, 5) is 0. The minimum Gasteiger partial charge on any atom is -0.376 e. The van der Waals surface area contributed by atoms with Crippen LogP contribution in [0.2, 0.25) is 0 Å². The van der Waals surface area contributed by atoms with Gasteiger partial charge in [0.05, 0.1) is 24.9 Å². The van der Waals surface area contributed by atoms with Gasteiger partial charge in [0.2, 0.25) is 0 Å². The lowest BCUT2D eigenvalue weighted by molar-refractivity contribution is -0.0747. The maximum absolute atomic E-state index is 5.83. The number of hydrogen-bond acceptors (Lipinski definition) is 3. The van der Waals surface area contributed by atoms with Crippen molar-refractivity contribution < 1.29 is 9.47 Å². The standard InChI is InChI=1S/C11H23NO2/c1-10(2)13-7-8-14-11(3)5-4-6-12-9-11/h10,12H,4-9H2,1-3H3. The van der Waals surface area contributed by atoms with Gasteiger partial charge in [-0.2, -0.15) is 0 Å². The molecule has 1 N–H and O–H groups in total. The Bertz CT molecular complexity index is 153. The molecule has 0 radical (unpaired) electrons. The van der Waals surface area contributed by atoms with Crippen LogP contribution < -0.4 is 5.32 Å². The Morgan fingerprint density at radius 1 is 1.36 bits per heavy atom. The topological polar surface area (TPSA) is 30.5 Å². The number of ether oxygens (including phenoxy) is 2. The summed E-state index contributed by atoms with van der Waals surface area (Å²) in [5.74, 6) is 0. The van der Waals surface area contributed by atoms with E-state index in [1.165, 1.54) is 6.42 Å². The molecule has 14 heavy (non-hydrogen) atoms. The van der Waals surface area contributed by atoms with Crippen LogP contribution in [0.1, 0.15) is 33.6 Å². The normalized spacial score (nSPS) is 28.3. The SMILES string of the molecule is CC(C)OCCOC1(C)CCCNC1. The van der Waals surface area contributed by atoms with E-state index in [1.54, 1.807) is 0 Å². The van der Waals surface area contributed by atoms with Crippen LogP contribution in [0.4, 0.5) is 0 Å². The van der Waals surface area contributed by atoms with E-state index in [0.717, 1.165) is 19.5 Å². The number of rotatable bonds is 5. The van der Waals surface area contributed by atoms with Crippen molar-refractivity contribution in [1.29, 1.82) is 0 Å². The lowest BCUT2D eigenvalue weighted by atomic mass is 9.96. The molecule has 1 rings (SSSR count). The maximum Gasteiger partial charge on any atom is 0.0779 e. The molecule has 1 heterocycles. The van der Waals surface area contributed by atoms with E-state index in [1.807, 2.05) is 13.8 Å². The second-order valence-corrected chi connectivity index (χ2v) is 4.50. The average Bonchev–Trinajstić information content (AvgIpc) is 2.14. The molecule has 1 aliphatic heterocycles. The van der Waals surface area contributed by atoms with Crippen molar-refractivity contribution in [2.75, 3.05) is 26.3 Å². The van der Waals surface area contributed by atoms with E-state index in [2.05, 4.69) is 12.2 Å². The number of piperidine rings is 1. The van der Waals surface area contributed by atoms with Crippen molar-refractivity contribution in [2.45, 2.75) is 45.3 Å². The van der Waals surface area contributed by atoms with E-state index >= 15 is 0 Å². The highest BCUT2D eigenvalue weighted by atomic mass is 16.5. The van der Waals surface area contributed by atoms with Crippen molar-refractivity contribution in [3.05, 3.63) is 0 Å². The molecular formula is C11H23NO2. The molecule has 0 aromatic rings. The highest BCUT2D eigenvalue weighted by Crippen LogP contribution is 2.19. The molecule has 1 atom stereocenters.